The number of nitrogens with zero attached hydrogens (tertiary/aromatic N) is 2. The quantitative estimate of drug-likeness (QED) is 0.716. The fraction of sp³-hybridized carbons (Fsp3) is 0.636. The van der Waals surface area contributed by atoms with E-state index < -0.39 is 37.4 Å². The van der Waals surface area contributed by atoms with Gasteiger partial charge in [-0.3, -0.25) is 4.98 Å². The van der Waals surface area contributed by atoms with Crippen LogP contribution in [0.5, 0.6) is 5.88 Å². The third-order valence-corrected chi connectivity index (χ3v) is 3.12. The maximum absolute atomic E-state index is 7.81. The molecule has 0 amide bonds. The molecule has 2 rings (SSSR count). The van der Waals surface area contributed by atoms with Gasteiger partial charge in [0.2, 0.25) is 5.88 Å². The van der Waals surface area contributed by atoms with Crippen molar-refractivity contribution in [2.45, 2.75) is 38.9 Å². The summed E-state index contributed by atoms with van der Waals surface area (Å²) in [7, 11) is -3.74. The molecule has 0 saturated carbocycles. The van der Waals surface area contributed by atoms with Crippen molar-refractivity contribution in [2.24, 2.45) is 0 Å². The molecule has 17 heavy (non-hydrogen) atoms. The summed E-state index contributed by atoms with van der Waals surface area (Å²) in [5.74, 6) is -0.485. The van der Waals surface area contributed by atoms with Gasteiger partial charge in [-0.25, -0.2) is 4.98 Å². The lowest BCUT2D eigenvalue weighted by atomic mass is 9.85. The first-order chi connectivity index (χ1) is 9.82. The van der Waals surface area contributed by atoms with Crippen molar-refractivity contribution in [3.8, 4) is 5.88 Å². The molecule has 92 valence electrons. The molecule has 0 aromatic carbocycles. The van der Waals surface area contributed by atoms with Crippen molar-refractivity contribution >= 4 is 12.7 Å². The maximum Gasteiger partial charge on any atom is 0.516 e. The topological polar surface area (TPSA) is 53.5 Å². The van der Waals surface area contributed by atoms with Gasteiger partial charge in [-0.05, 0) is 27.7 Å². The van der Waals surface area contributed by atoms with Crippen molar-refractivity contribution in [1.29, 1.82) is 0 Å². The monoisotopic (exact) mass is 241 g/mol. The van der Waals surface area contributed by atoms with Crippen LogP contribution in [-0.2, 0) is 9.31 Å². The van der Waals surface area contributed by atoms with E-state index in [1.54, 1.807) is 0 Å². The van der Waals surface area contributed by atoms with Crippen LogP contribution >= 0.6 is 0 Å². The Kier molecular flexibility index (Phi) is 1.71. The second-order valence-corrected chi connectivity index (χ2v) is 4.83. The van der Waals surface area contributed by atoms with Crippen molar-refractivity contribution in [3.63, 3.8) is 0 Å². The number of ether oxygens (including phenoxy) is 1. The van der Waals surface area contributed by atoms with E-state index in [9.17, 15) is 0 Å². The lowest BCUT2D eigenvalue weighted by Crippen LogP contribution is -2.41. The molecule has 1 aliphatic heterocycles. The molecule has 5 nitrogen and oxygen atoms in total. The van der Waals surface area contributed by atoms with E-state index in [2.05, 4.69) is 14.7 Å². The van der Waals surface area contributed by atoms with Gasteiger partial charge in [0.25, 0.3) is 0 Å². The summed E-state index contributed by atoms with van der Waals surface area (Å²) in [6.45, 7) is 7.34. The smallest absolute Gasteiger partial charge is 0.480 e. The summed E-state index contributed by atoms with van der Waals surface area (Å²) < 4.78 is 52.8. The van der Waals surface area contributed by atoms with Gasteiger partial charge in [-0.1, -0.05) is 0 Å². The van der Waals surface area contributed by atoms with Crippen LogP contribution in [0.25, 0.3) is 0 Å². The van der Waals surface area contributed by atoms with Crippen molar-refractivity contribution in [1.82, 2.24) is 9.97 Å². The van der Waals surface area contributed by atoms with E-state index in [0.29, 0.717) is 0 Å². The first kappa shape index (κ1) is 7.33. The number of aromatic nitrogens is 2. The molecule has 1 fully saturated rings. The van der Waals surface area contributed by atoms with Crippen LogP contribution in [0.15, 0.2) is 12.3 Å². The minimum absolute atomic E-state index is 0.0195. The molecule has 0 bridgehead atoms. The molecule has 1 aromatic rings. The predicted octanol–water partition coefficient (Wildman–Crippen LogP) is 0.784. The van der Waals surface area contributed by atoms with Crippen molar-refractivity contribution in [3.05, 3.63) is 12.3 Å². The van der Waals surface area contributed by atoms with Gasteiger partial charge in [-0.2, -0.15) is 0 Å². The second-order valence-electron chi connectivity index (χ2n) is 4.83. The largest absolute Gasteiger partial charge is 0.516 e. The minimum Gasteiger partial charge on any atom is -0.480 e. The Hall–Kier alpha value is -1.14. The predicted molar refractivity (Wildman–Crippen MR) is 64.3 cm³/mol. The van der Waals surface area contributed by atoms with Gasteiger partial charge < -0.3 is 14.0 Å². The van der Waals surface area contributed by atoms with Crippen LogP contribution in [0.3, 0.4) is 0 Å². The Morgan fingerprint density at radius 3 is 2.53 bits per heavy atom. The molecule has 2 heterocycles. The van der Waals surface area contributed by atoms with Crippen LogP contribution in [-0.4, -0.2) is 35.3 Å². The third-order valence-electron chi connectivity index (χ3n) is 3.12. The zero-order valence-corrected chi connectivity index (χ0v) is 10.2. The van der Waals surface area contributed by atoms with Crippen molar-refractivity contribution in [2.75, 3.05) is 7.04 Å². The molecule has 0 radical (unpaired) electrons. The van der Waals surface area contributed by atoms with E-state index >= 15 is 0 Å². The van der Waals surface area contributed by atoms with Crippen LogP contribution in [0.4, 0.5) is 0 Å². The summed E-state index contributed by atoms with van der Waals surface area (Å²) in [5.41, 5.74) is -1.30. The fourth-order valence-corrected chi connectivity index (χ4v) is 1.40. The van der Waals surface area contributed by atoms with Gasteiger partial charge in [0, 0.05) is 6.17 Å². The molecule has 1 saturated heterocycles. The third kappa shape index (κ3) is 2.15. The zero-order valence-electron chi connectivity index (χ0n) is 15.2. The van der Waals surface area contributed by atoms with Crippen molar-refractivity contribution < 1.29 is 20.9 Å². The Bertz CT molecular complexity index is 578. The Morgan fingerprint density at radius 1 is 1.29 bits per heavy atom. The molecule has 0 aliphatic carbocycles. The highest BCUT2D eigenvalue weighted by Gasteiger charge is 2.52. The lowest BCUT2D eigenvalue weighted by Gasteiger charge is -2.32. The van der Waals surface area contributed by atoms with Gasteiger partial charge in [0.1, 0.15) is 0 Å². The normalized spacial score (nSPS) is 26.6. The molecule has 1 aliphatic rings. The lowest BCUT2D eigenvalue weighted by molar-refractivity contribution is 0.00578. The highest BCUT2D eigenvalue weighted by molar-refractivity contribution is 6.61. The summed E-state index contributed by atoms with van der Waals surface area (Å²) in [4.78, 5) is 7.53. The van der Waals surface area contributed by atoms with E-state index in [0.717, 1.165) is 0 Å². The van der Waals surface area contributed by atoms with Gasteiger partial charge in [0.15, 0.2) is 0 Å². The van der Waals surface area contributed by atoms with Crippen LogP contribution in [0.1, 0.15) is 34.5 Å². The standard InChI is InChI=1S/C11H17BN2O3/c1-10(2)11(3,4)17-12(16-10)8-6-13-7-9(14-8)15-5/h6-7H,1-5H3/i5D3,6D,7D. The summed E-state index contributed by atoms with van der Waals surface area (Å²) in [5, 5.41) is 0. The minimum atomic E-state index is -2.76. The van der Waals surface area contributed by atoms with Crippen LogP contribution < -0.4 is 10.3 Å². The van der Waals surface area contributed by atoms with E-state index in [1.807, 2.05) is 27.7 Å². The molecular weight excluding hydrogens is 219 g/mol. The Morgan fingerprint density at radius 2 is 1.94 bits per heavy atom. The number of methoxy groups -OCH3 is 1. The summed E-state index contributed by atoms with van der Waals surface area (Å²) in [6.07, 6.45) is -0.845. The highest BCUT2D eigenvalue weighted by atomic mass is 16.7. The first-order valence-electron chi connectivity index (χ1n) is 7.72. The number of rotatable bonds is 2. The highest BCUT2D eigenvalue weighted by Crippen LogP contribution is 2.36. The van der Waals surface area contributed by atoms with E-state index in [1.165, 1.54) is 0 Å². The second kappa shape index (κ2) is 3.96. The molecule has 0 unspecified atom stereocenters. The fourth-order valence-electron chi connectivity index (χ4n) is 1.40. The summed E-state index contributed by atoms with van der Waals surface area (Å²) >= 11 is 0. The van der Waals surface area contributed by atoms with Crippen LogP contribution in [0.2, 0.25) is 0 Å². The number of hydrogen-bond donors (Lipinski definition) is 0. The van der Waals surface area contributed by atoms with E-state index in [-0.39, 0.29) is 11.8 Å². The van der Waals surface area contributed by atoms with Gasteiger partial charge in [-0.15, -0.1) is 0 Å². The molecular formula is C11H17BN2O3. The number of hydrogen-bond acceptors (Lipinski definition) is 5. The summed E-state index contributed by atoms with van der Waals surface area (Å²) in [6, 6.07) is 0. The molecule has 6 heteroatoms. The average molecular weight is 241 g/mol. The molecule has 0 N–H and O–H groups in total. The molecule has 0 spiro atoms. The van der Waals surface area contributed by atoms with Gasteiger partial charge >= 0.3 is 7.12 Å². The SMILES string of the molecule is [2H]c1nc([2H])c(B2OC(C)(C)C(C)(C)O2)nc1OC([2H])([2H])[2H]. The Labute approximate surface area is 109 Å². The van der Waals surface area contributed by atoms with E-state index in [4.69, 9.17) is 16.2 Å². The maximum atomic E-state index is 7.81. The molecule has 0 atom stereocenters. The Balaban J connectivity index is 2.39. The first-order valence-corrected chi connectivity index (χ1v) is 5.22. The zero-order chi connectivity index (χ0) is 16.9. The molecule has 1 aromatic heterocycles. The van der Waals surface area contributed by atoms with Gasteiger partial charge in [0.05, 0.1) is 36.9 Å². The average Bonchev–Trinajstić information content (AvgIpc) is 2.50. The van der Waals surface area contributed by atoms with Crippen LogP contribution in [0, 0.1) is 0 Å².